The second kappa shape index (κ2) is 7.44. The maximum absolute atomic E-state index is 12.3. The molecule has 2 aromatic rings. The molecule has 0 aliphatic rings. The number of rotatable bonds is 5. The summed E-state index contributed by atoms with van der Waals surface area (Å²) in [7, 11) is 0. The zero-order valence-electron chi connectivity index (χ0n) is 14.0. The predicted octanol–water partition coefficient (Wildman–Crippen LogP) is 3.79. The molecule has 1 aromatic heterocycles. The summed E-state index contributed by atoms with van der Waals surface area (Å²) in [6.45, 7) is 3.77. The molecule has 0 unspecified atom stereocenters. The second-order valence-electron chi connectivity index (χ2n) is 5.54. The van der Waals surface area contributed by atoms with E-state index in [4.69, 9.17) is 21.7 Å². The van der Waals surface area contributed by atoms with Gasteiger partial charge in [0.2, 0.25) is 0 Å². The van der Waals surface area contributed by atoms with E-state index in [0.29, 0.717) is 21.6 Å². The van der Waals surface area contributed by atoms with E-state index in [-0.39, 0.29) is 16.8 Å². The van der Waals surface area contributed by atoms with Crippen LogP contribution in [0.1, 0.15) is 29.9 Å². The SMILES string of the molecule is CC(=N)/C(C(C)=O)=C(/O)COC(=O)c1cc2cc(Cl)ccc2nc1C. The van der Waals surface area contributed by atoms with Gasteiger partial charge >= 0.3 is 5.97 Å². The van der Waals surface area contributed by atoms with Crippen LogP contribution in [0.3, 0.4) is 0 Å². The number of aliphatic hydroxyl groups excluding tert-OH is 1. The molecule has 2 rings (SSSR count). The number of carbonyl (C=O) groups excluding carboxylic acids is 2. The summed E-state index contributed by atoms with van der Waals surface area (Å²) in [4.78, 5) is 28.1. The van der Waals surface area contributed by atoms with E-state index in [1.54, 1.807) is 31.2 Å². The van der Waals surface area contributed by atoms with Crippen LogP contribution < -0.4 is 0 Å². The Hall–Kier alpha value is -2.73. The van der Waals surface area contributed by atoms with Gasteiger partial charge in [-0.3, -0.25) is 9.78 Å². The standard InChI is InChI=1S/C18H17ClN2O4/c1-9(20)17(11(3)22)16(23)8-25-18(24)14-7-12-6-13(19)4-5-15(12)21-10(14)2/h4-7,20,23H,8H2,1-3H3/b17-16-,20-9?. The van der Waals surface area contributed by atoms with Gasteiger partial charge in [-0.05, 0) is 45.0 Å². The number of hydrogen-bond donors (Lipinski definition) is 2. The van der Waals surface area contributed by atoms with Crippen LogP contribution in [-0.4, -0.2) is 34.2 Å². The number of nitrogens with zero attached hydrogens (tertiary/aromatic N) is 1. The fourth-order valence-corrected chi connectivity index (χ4v) is 2.60. The van der Waals surface area contributed by atoms with Crippen LogP contribution in [0.5, 0.6) is 0 Å². The Morgan fingerprint density at radius 3 is 2.56 bits per heavy atom. The van der Waals surface area contributed by atoms with E-state index in [9.17, 15) is 14.7 Å². The Morgan fingerprint density at radius 1 is 1.28 bits per heavy atom. The van der Waals surface area contributed by atoms with Gasteiger partial charge in [0, 0.05) is 16.1 Å². The third kappa shape index (κ3) is 4.22. The van der Waals surface area contributed by atoms with Gasteiger partial charge in [-0.15, -0.1) is 0 Å². The summed E-state index contributed by atoms with van der Waals surface area (Å²) in [6, 6.07) is 6.75. The maximum atomic E-state index is 12.3. The van der Waals surface area contributed by atoms with Crippen molar-refractivity contribution >= 4 is 40.0 Å². The number of halogens is 1. The number of carbonyl (C=O) groups is 2. The largest absolute Gasteiger partial charge is 0.508 e. The van der Waals surface area contributed by atoms with Crippen molar-refractivity contribution in [1.29, 1.82) is 5.41 Å². The van der Waals surface area contributed by atoms with Gasteiger partial charge in [-0.2, -0.15) is 0 Å². The monoisotopic (exact) mass is 360 g/mol. The quantitative estimate of drug-likeness (QED) is 0.365. The molecule has 0 amide bonds. The van der Waals surface area contributed by atoms with Gasteiger partial charge in [0.15, 0.2) is 5.78 Å². The molecular weight excluding hydrogens is 344 g/mol. The third-order valence-corrected chi connectivity index (χ3v) is 3.78. The molecule has 0 saturated carbocycles. The summed E-state index contributed by atoms with van der Waals surface area (Å²) in [5.74, 6) is -1.62. The number of aliphatic hydroxyl groups is 1. The number of ether oxygens (including phenoxy) is 1. The highest BCUT2D eigenvalue weighted by molar-refractivity contribution is 6.31. The van der Waals surface area contributed by atoms with E-state index < -0.39 is 24.1 Å². The molecule has 0 atom stereocenters. The summed E-state index contributed by atoms with van der Waals surface area (Å²) >= 11 is 5.95. The zero-order chi connectivity index (χ0) is 18.7. The van der Waals surface area contributed by atoms with Crippen LogP contribution in [0.25, 0.3) is 10.9 Å². The molecule has 1 heterocycles. The van der Waals surface area contributed by atoms with E-state index in [1.165, 1.54) is 13.8 Å². The van der Waals surface area contributed by atoms with Crippen molar-refractivity contribution in [3.63, 3.8) is 0 Å². The first kappa shape index (κ1) is 18.6. The van der Waals surface area contributed by atoms with Crippen molar-refractivity contribution in [3.05, 3.63) is 51.9 Å². The Kier molecular flexibility index (Phi) is 5.54. The molecule has 0 aliphatic heterocycles. The van der Waals surface area contributed by atoms with E-state index in [1.807, 2.05) is 0 Å². The number of pyridine rings is 1. The lowest BCUT2D eigenvalue weighted by Crippen LogP contribution is -2.15. The van der Waals surface area contributed by atoms with E-state index in [0.717, 1.165) is 0 Å². The highest BCUT2D eigenvalue weighted by Crippen LogP contribution is 2.21. The van der Waals surface area contributed by atoms with Gasteiger partial charge in [0.1, 0.15) is 12.4 Å². The first-order chi connectivity index (χ1) is 11.7. The van der Waals surface area contributed by atoms with E-state index >= 15 is 0 Å². The molecule has 2 N–H and O–H groups in total. The normalized spacial score (nSPS) is 11.8. The first-order valence-corrected chi connectivity index (χ1v) is 7.81. The molecule has 0 fully saturated rings. The maximum Gasteiger partial charge on any atom is 0.340 e. The van der Waals surface area contributed by atoms with E-state index in [2.05, 4.69) is 4.98 Å². The summed E-state index contributed by atoms with van der Waals surface area (Å²) in [6.07, 6.45) is 0. The van der Waals surface area contributed by atoms with Crippen LogP contribution in [0.2, 0.25) is 5.02 Å². The van der Waals surface area contributed by atoms with Crippen LogP contribution in [0, 0.1) is 12.3 Å². The molecular formula is C18H17ClN2O4. The Balaban J connectivity index is 2.28. The minimum Gasteiger partial charge on any atom is -0.508 e. The lowest BCUT2D eigenvalue weighted by Gasteiger charge is -2.10. The van der Waals surface area contributed by atoms with Gasteiger partial charge in [0.25, 0.3) is 0 Å². The molecule has 7 heteroatoms. The molecule has 0 spiro atoms. The van der Waals surface area contributed by atoms with Crippen molar-refractivity contribution in [2.75, 3.05) is 6.61 Å². The highest BCUT2D eigenvalue weighted by Gasteiger charge is 2.17. The number of Topliss-reactive ketones (excluding diaryl/α,β-unsaturated/α-hetero) is 1. The average Bonchev–Trinajstić information content (AvgIpc) is 2.51. The molecule has 0 aliphatic carbocycles. The first-order valence-electron chi connectivity index (χ1n) is 7.43. The number of aryl methyl sites for hydroxylation is 1. The lowest BCUT2D eigenvalue weighted by atomic mass is 10.1. The molecule has 0 bridgehead atoms. The number of ketones is 1. The number of nitrogens with one attached hydrogen (secondary N) is 1. The minimum atomic E-state index is -0.691. The zero-order valence-corrected chi connectivity index (χ0v) is 14.8. The average molecular weight is 361 g/mol. The van der Waals surface area contributed by atoms with Crippen molar-refractivity contribution in [2.45, 2.75) is 20.8 Å². The van der Waals surface area contributed by atoms with Crippen LogP contribution in [0.15, 0.2) is 35.6 Å². The van der Waals surface area contributed by atoms with Gasteiger partial charge in [-0.25, -0.2) is 4.79 Å². The van der Waals surface area contributed by atoms with Crippen LogP contribution in [0.4, 0.5) is 0 Å². The predicted molar refractivity (Wildman–Crippen MR) is 95.5 cm³/mol. The minimum absolute atomic E-state index is 0.0979. The Labute approximate surface area is 149 Å². The van der Waals surface area contributed by atoms with Crippen molar-refractivity contribution in [2.24, 2.45) is 0 Å². The van der Waals surface area contributed by atoms with Gasteiger partial charge in [0.05, 0.1) is 22.3 Å². The van der Waals surface area contributed by atoms with Crippen molar-refractivity contribution in [3.8, 4) is 0 Å². The fraction of sp³-hybridized carbons (Fsp3) is 0.222. The number of benzene rings is 1. The number of hydrogen-bond acceptors (Lipinski definition) is 6. The van der Waals surface area contributed by atoms with Crippen molar-refractivity contribution < 1.29 is 19.4 Å². The van der Waals surface area contributed by atoms with Crippen LogP contribution >= 0.6 is 11.6 Å². The second-order valence-corrected chi connectivity index (χ2v) is 5.97. The third-order valence-electron chi connectivity index (χ3n) is 3.54. The Bertz CT molecular complexity index is 903. The number of aromatic nitrogens is 1. The summed E-state index contributed by atoms with van der Waals surface area (Å²) in [5, 5.41) is 18.6. The molecule has 0 saturated heterocycles. The number of fused-ring (bicyclic) bond motifs is 1. The summed E-state index contributed by atoms with van der Waals surface area (Å²) in [5.41, 5.74) is 1.14. The molecule has 25 heavy (non-hydrogen) atoms. The molecule has 130 valence electrons. The Morgan fingerprint density at radius 2 is 1.96 bits per heavy atom. The lowest BCUT2D eigenvalue weighted by molar-refractivity contribution is -0.113. The highest BCUT2D eigenvalue weighted by atomic mass is 35.5. The molecule has 6 nitrogen and oxygen atoms in total. The summed E-state index contributed by atoms with van der Waals surface area (Å²) < 4.78 is 5.06. The van der Waals surface area contributed by atoms with Gasteiger partial charge in [-0.1, -0.05) is 11.6 Å². The fourth-order valence-electron chi connectivity index (χ4n) is 2.42. The molecule has 1 aromatic carbocycles. The number of esters is 1. The van der Waals surface area contributed by atoms with Crippen molar-refractivity contribution in [1.82, 2.24) is 4.98 Å². The van der Waals surface area contributed by atoms with Crippen LogP contribution in [-0.2, 0) is 9.53 Å². The molecule has 0 radical (unpaired) electrons. The topological polar surface area (TPSA) is 100 Å². The number of allylic oxidation sites excluding steroid dienone is 1. The van der Waals surface area contributed by atoms with Gasteiger partial charge < -0.3 is 15.3 Å². The smallest absolute Gasteiger partial charge is 0.340 e.